The molecule has 0 spiro atoms. The maximum Gasteiger partial charge on any atom is 0.411 e. The first-order valence-corrected chi connectivity index (χ1v) is 10.3. The van der Waals surface area contributed by atoms with Gasteiger partial charge in [-0.15, -0.1) is 0 Å². The van der Waals surface area contributed by atoms with Crippen LogP contribution in [0.2, 0.25) is 0 Å². The number of carbonyl (C=O) groups is 1. The normalized spacial score (nSPS) is 13.3. The van der Waals surface area contributed by atoms with Crippen LogP contribution in [0.1, 0.15) is 45.2 Å². The van der Waals surface area contributed by atoms with E-state index in [0.717, 1.165) is 40.8 Å². The summed E-state index contributed by atoms with van der Waals surface area (Å²) in [7, 11) is 0. The average molecular weight is 403 g/mol. The van der Waals surface area contributed by atoms with Crippen molar-refractivity contribution in [2.24, 2.45) is 0 Å². The van der Waals surface area contributed by atoms with E-state index in [-0.39, 0.29) is 6.10 Å². The number of hydrogen-bond donors (Lipinski definition) is 1. The molecule has 4 rings (SSSR count). The topological polar surface area (TPSA) is 76.3 Å². The van der Waals surface area contributed by atoms with Crippen molar-refractivity contribution >= 4 is 22.7 Å². The highest BCUT2D eigenvalue weighted by molar-refractivity contribution is 5.96. The molecule has 30 heavy (non-hydrogen) atoms. The van der Waals surface area contributed by atoms with Crippen LogP contribution in [0, 0.1) is 11.3 Å². The van der Waals surface area contributed by atoms with Gasteiger partial charge in [0, 0.05) is 23.2 Å². The summed E-state index contributed by atoms with van der Waals surface area (Å²) in [6.45, 7) is 6.17. The van der Waals surface area contributed by atoms with E-state index in [1.807, 2.05) is 49.4 Å². The largest absolute Gasteiger partial charge is 0.494 e. The maximum absolute atomic E-state index is 11.8. The minimum atomic E-state index is -0.481. The van der Waals surface area contributed by atoms with Crippen molar-refractivity contribution < 1.29 is 14.3 Å². The Morgan fingerprint density at radius 3 is 2.57 bits per heavy atom. The van der Waals surface area contributed by atoms with Crippen molar-refractivity contribution in [1.82, 2.24) is 4.57 Å². The summed E-state index contributed by atoms with van der Waals surface area (Å²) >= 11 is 0. The third-order valence-corrected chi connectivity index (χ3v) is 5.06. The highest BCUT2D eigenvalue weighted by Crippen LogP contribution is 2.45. The molecule has 0 saturated heterocycles. The fraction of sp³-hybridized carbons (Fsp3) is 0.333. The lowest BCUT2D eigenvalue weighted by atomic mass is 10.1. The molecule has 1 aromatic heterocycles. The summed E-state index contributed by atoms with van der Waals surface area (Å²) in [5.74, 6) is 0.809. The first-order valence-electron chi connectivity index (χ1n) is 10.3. The van der Waals surface area contributed by atoms with E-state index in [2.05, 4.69) is 16.0 Å². The lowest BCUT2D eigenvalue weighted by Gasteiger charge is -2.12. The van der Waals surface area contributed by atoms with E-state index in [1.54, 1.807) is 13.8 Å². The lowest BCUT2D eigenvalue weighted by Crippen LogP contribution is -2.17. The quantitative estimate of drug-likeness (QED) is 0.558. The van der Waals surface area contributed by atoms with E-state index in [4.69, 9.17) is 9.47 Å². The molecule has 0 radical (unpaired) electrons. The van der Waals surface area contributed by atoms with Crippen LogP contribution in [0.4, 0.5) is 10.5 Å². The number of anilines is 1. The number of benzene rings is 2. The van der Waals surface area contributed by atoms with Crippen LogP contribution in [-0.4, -0.2) is 23.4 Å². The second-order valence-corrected chi connectivity index (χ2v) is 7.70. The van der Waals surface area contributed by atoms with Gasteiger partial charge in [-0.05, 0) is 63.4 Å². The Labute approximate surface area is 176 Å². The smallest absolute Gasteiger partial charge is 0.411 e. The van der Waals surface area contributed by atoms with Crippen molar-refractivity contribution in [2.75, 3.05) is 11.9 Å². The van der Waals surface area contributed by atoms with Gasteiger partial charge in [-0.1, -0.05) is 12.1 Å². The predicted molar refractivity (Wildman–Crippen MR) is 117 cm³/mol. The van der Waals surface area contributed by atoms with Crippen molar-refractivity contribution in [3.8, 4) is 23.1 Å². The zero-order valence-corrected chi connectivity index (χ0v) is 17.4. The van der Waals surface area contributed by atoms with Gasteiger partial charge in [0.2, 0.25) is 0 Å². The van der Waals surface area contributed by atoms with E-state index in [9.17, 15) is 10.1 Å². The van der Waals surface area contributed by atoms with Gasteiger partial charge in [0.25, 0.3) is 0 Å². The number of nitrogens with one attached hydrogen (secondary N) is 1. The number of rotatable bonds is 6. The summed E-state index contributed by atoms with van der Waals surface area (Å²) in [6.07, 6.45) is 1.53. The molecule has 1 fully saturated rings. The number of nitrogens with zero attached hydrogens (tertiary/aromatic N) is 2. The number of hydrogen-bond acceptors (Lipinski definition) is 4. The Morgan fingerprint density at radius 2 is 1.97 bits per heavy atom. The Morgan fingerprint density at radius 1 is 1.23 bits per heavy atom. The highest BCUT2D eigenvalue weighted by Gasteiger charge is 2.30. The Balaban J connectivity index is 1.75. The van der Waals surface area contributed by atoms with E-state index in [1.165, 1.54) is 0 Å². The van der Waals surface area contributed by atoms with Gasteiger partial charge in [0.05, 0.1) is 29.5 Å². The fourth-order valence-corrected chi connectivity index (χ4v) is 3.73. The van der Waals surface area contributed by atoms with Crippen molar-refractivity contribution in [1.29, 1.82) is 5.26 Å². The molecule has 154 valence electrons. The van der Waals surface area contributed by atoms with Gasteiger partial charge in [-0.2, -0.15) is 5.26 Å². The van der Waals surface area contributed by atoms with Crippen LogP contribution in [0.25, 0.3) is 22.2 Å². The summed E-state index contributed by atoms with van der Waals surface area (Å²) in [5, 5.41) is 13.6. The van der Waals surface area contributed by atoms with Gasteiger partial charge in [-0.3, -0.25) is 5.32 Å². The van der Waals surface area contributed by atoms with Crippen LogP contribution >= 0.6 is 0 Å². The molecule has 1 aliphatic rings. The van der Waals surface area contributed by atoms with E-state index >= 15 is 0 Å². The predicted octanol–water partition coefficient (Wildman–Crippen LogP) is 5.87. The van der Waals surface area contributed by atoms with Crippen LogP contribution in [0.5, 0.6) is 5.75 Å². The van der Waals surface area contributed by atoms with Crippen molar-refractivity contribution in [3.05, 3.63) is 48.0 Å². The molecular formula is C24H25N3O3. The van der Waals surface area contributed by atoms with Crippen LogP contribution in [0.15, 0.2) is 42.5 Å². The second kappa shape index (κ2) is 8.11. The minimum absolute atomic E-state index is 0.182. The molecule has 0 unspecified atom stereocenters. The van der Waals surface area contributed by atoms with Crippen LogP contribution < -0.4 is 10.1 Å². The lowest BCUT2D eigenvalue weighted by molar-refractivity contribution is 0.130. The third-order valence-electron chi connectivity index (χ3n) is 5.06. The summed E-state index contributed by atoms with van der Waals surface area (Å²) in [5.41, 5.74) is 4.20. The van der Waals surface area contributed by atoms with E-state index < -0.39 is 6.09 Å². The number of carbonyl (C=O) groups excluding carboxylic acids is 1. The molecule has 1 aliphatic carbocycles. The van der Waals surface area contributed by atoms with Crippen LogP contribution in [0.3, 0.4) is 0 Å². The molecule has 1 N–H and O–H groups in total. The summed E-state index contributed by atoms with van der Waals surface area (Å²) in [6, 6.07) is 16.2. The molecule has 1 heterocycles. The summed E-state index contributed by atoms with van der Waals surface area (Å²) in [4.78, 5) is 11.8. The van der Waals surface area contributed by atoms with Crippen LogP contribution in [-0.2, 0) is 4.74 Å². The highest BCUT2D eigenvalue weighted by atomic mass is 16.6. The SMILES string of the molecule is CCOc1ccc2c(C#N)c(-c3ccc(NC(=O)OC(C)C)cc3)n(C3CC3)c2c1. The van der Waals surface area contributed by atoms with Gasteiger partial charge < -0.3 is 14.0 Å². The second-order valence-electron chi connectivity index (χ2n) is 7.70. The first kappa shape index (κ1) is 19.8. The van der Waals surface area contributed by atoms with E-state index in [0.29, 0.717) is 23.9 Å². The summed E-state index contributed by atoms with van der Waals surface area (Å²) < 4.78 is 13.1. The Hall–Kier alpha value is -3.46. The van der Waals surface area contributed by atoms with Crippen molar-refractivity contribution in [2.45, 2.75) is 45.8 Å². The number of nitriles is 1. The third kappa shape index (κ3) is 3.84. The monoisotopic (exact) mass is 403 g/mol. The number of fused-ring (bicyclic) bond motifs is 1. The molecular weight excluding hydrogens is 378 g/mol. The average Bonchev–Trinajstić information content (AvgIpc) is 3.49. The van der Waals surface area contributed by atoms with Gasteiger partial charge in [0.15, 0.2) is 0 Å². The van der Waals surface area contributed by atoms with Gasteiger partial charge in [-0.25, -0.2) is 4.79 Å². The van der Waals surface area contributed by atoms with Gasteiger partial charge >= 0.3 is 6.09 Å². The zero-order valence-electron chi connectivity index (χ0n) is 17.4. The van der Waals surface area contributed by atoms with Gasteiger partial charge in [0.1, 0.15) is 11.8 Å². The molecule has 3 aromatic rings. The molecule has 2 aromatic carbocycles. The van der Waals surface area contributed by atoms with Crippen molar-refractivity contribution in [3.63, 3.8) is 0 Å². The molecule has 0 bridgehead atoms. The minimum Gasteiger partial charge on any atom is -0.494 e. The Kier molecular flexibility index (Phi) is 5.37. The fourth-order valence-electron chi connectivity index (χ4n) is 3.73. The molecule has 1 saturated carbocycles. The molecule has 0 aliphatic heterocycles. The Bertz CT molecular complexity index is 1120. The standard InChI is InChI=1S/C24H25N3O3/c1-4-29-19-11-12-20-21(14-25)23(27(18-9-10-18)22(20)13-19)16-5-7-17(8-6-16)26-24(28)30-15(2)3/h5-8,11-13,15,18H,4,9-10H2,1-3H3,(H,26,28). The number of ether oxygens (including phenoxy) is 2. The first-order chi connectivity index (χ1) is 14.5. The number of aromatic nitrogens is 1. The molecule has 6 nitrogen and oxygen atoms in total. The zero-order chi connectivity index (χ0) is 21.3. The molecule has 1 amide bonds. The molecule has 0 atom stereocenters. The molecule has 6 heteroatoms. The maximum atomic E-state index is 11.8. The number of amides is 1.